The number of fused-ring (bicyclic) bond motifs is 1. The average Bonchev–Trinajstić information content (AvgIpc) is 3.08. The summed E-state index contributed by atoms with van der Waals surface area (Å²) in [6.07, 6.45) is 4.63. The quantitative estimate of drug-likeness (QED) is 0.883. The zero-order valence-corrected chi connectivity index (χ0v) is 13.5. The van der Waals surface area contributed by atoms with E-state index in [-0.39, 0.29) is 6.04 Å². The molecule has 0 saturated heterocycles. The van der Waals surface area contributed by atoms with Gasteiger partial charge in [0, 0.05) is 4.88 Å². The molecule has 0 aliphatic heterocycles. The Labute approximate surface area is 130 Å². The lowest BCUT2D eigenvalue weighted by atomic mass is 10.1. The number of hydrogen-bond acceptors (Lipinski definition) is 4. The third kappa shape index (κ3) is 3.11. The lowest BCUT2D eigenvalue weighted by Crippen LogP contribution is -2.17. The lowest BCUT2D eigenvalue weighted by molar-refractivity contribution is 0.317. The summed E-state index contributed by atoms with van der Waals surface area (Å²) in [6.45, 7) is 2.89. The highest BCUT2D eigenvalue weighted by molar-refractivity contribution is 7.11. The third-order valence-electron chi connectivity index (χ3n) is 3.81. The van der Waals surface area contributed by atoms with Crippen molar-refractivity contribution in [3.8, 4) is 5.75 Å². The predicted octanol–water partition coefficient (Wildman–Crippen LogP) is 3.73. The molecule has 0 amide bonds. The van der Waals surface area contributed by atoms with Crippen LogP contribution >= 0.6 is 11.3 Å². The molecule has 4 heteroatoms. The van der Waals surface area contributed by atoms with Crippen molar-refractivity contribution >= 4 is 11.3 Å². The third-order valence-corrected chi connectivity index (χ3v) is 5.03. The van der Waals surface area contributed by atoms with Crippen LogP contribution < -0.4 is 10.1 Å². The SMILES string of the molecule is CCCOc1cccc(C(NC)c2nc3c(s2)CCC3)c1. The molecule has 1 aliphatic rings. The maximum absolute atomic E-state index is 5.74. The van der Waals surface area contributed by atoms with Crippen LogP contribution in [0.15, 0.2) is 24.3 Å². The van der Waals surface area contributed by atoms with Crippen molar-refractivity contribution in [1.82, 2.24) is 10.3 Å². The first kappa shape index (κ1) is 14.5. The van der Waals surface area contributed by atoms with E-state index < -0.39 is 0 Å². The molecule has 1 aromatic heterocycles. The highest BCUT2D eigenvalue weighted by atomic mass is 32.1. The average molecular weight is 302 g/mol. The number of rotatable bonds is 6. The molecule has 2 aromatic rings. The number of nitrogens with one attached hydrogen (secondary N) is 1. The van der Waals surface area contributed by atoms with E-state index in [1.807, 2.05) is 24.5 Å². The normalized spacial score (nSPS) is 15.0. The Morgan fingerprint density at radius 3 is 3.05 bits per heavy atom. The van der Waals surface area contributed by atoms with Crippen molar-refractivity contribution in [3.05, 3.63) is 45.4 Å². The molecule has 21 heavy (non-hydrogen) atoms. The van der Waals surface area contributed by atoms with Crippen molar-refractivity contribution in [1.29, 1.82) is 0 Å². The second kappa shape index (κ2) is 6.58. The van der Waals surface area contributed by atoms with Gasteiger partial charge in [0.15, 0.2) is 0 Å². The maximum Gasteiger partial charge on any atom is 0.119 e. The van der Waals surface area contributed by atoms with Crippen molar-refractivity contribution in [2.45, 2.75) is 38.6 Å². The van der Waals surface area contributed by atoms with Gasteiger partial charge in [-0.3, -0.25) is 0 Å². The topological polar surface area (TPSA) is 34.1 Å². The summed E-state index contributed by atoms with van der Waals surface area (Å²) in [7, 11) is 2.00. The van der Waals surface area contributed by atoms with E-state index in [1.165, 1.54) is 34.0 Å². The monoisotopic (exact) mass is 302 g/mol. The Bertz CT molecular complexity index is 587. The molecule has 3 nitrogen and oxygen atoms in total. The van der Waals surface area contributed by atoms with Crippen LogP contribution in [-0.2, 0) is 12.8 Å². The van der Waals surface area contributed by atoms with Gasteiger partial charge >= 0.3 is 0 Å². The smallest absolute Gasteiger partial charge is 0.119 e. The Hall–Kier alpha value is -1.39. The fraction of sp³-hybridized carbons (Fsp3) is 0.471. The minimum atomic E-state index is 0.158. The predicted molar refractivity (Wildman–Crippen MR) is 87.3 cm³/mol. The second-order valence-electron chi connectivity index (χ2n) is 5.42. The molecule has 3 rings (SSSR count). The standard InChI is InChI=1S/C17H22N2OS/c1-3-10-20-13-7-4-6-12(11-13)16(18-2)17-19-14-8-5-9-15(14)21-17/h4,6-7,11,16,18H,3,5,8-10H2,1-2H3. The van der Waals surface area contributed by atoms with Crippen LogP contribution in [-0.4, -0.2) is 18.6 Å². The zero-order valence-electron chi connectivity index (χ0n) is 12.7. The Balaban J connectivity index is 1.85. The summed E-state index contributed by atoms with van der Waals surface area (Å²) >= 11 is 1.86. The minimum absolute atomic E-state index is 0.158. The molecule has 0 saturated carbocycles. The molecule has 1 aromatic carbocycles. The number of aryl methyl sites for hydroxylation is 2. The fourth-order valence-electron chi connectivity index (χ4n) is 2.77. The molecule has 1 N–H and O–H groups in total. The van der Waals surface area contributed by atoms with Gasteiger partial charge in [-0.25, -0.2) is 4.98 Å². The summed E-state index contributed by atoms with van der Waals surface area (Å²) in [6, 6.07) is 8.51. The lowest BCUT2D eigenvalue weighted by Gasteiger charge is -2.15. The van der Waals surface area contributed by atoms with E-state index in [1.54, 1.807) is 0 Å². The number of benzene rings is 1. The van der Waals surface area contributed by atoms with Gasteiger partial charge in [-0.2, -0.15) is 0 Å². The van der Waals surface area contributed by atoms with Crippen molar-refractivity contribution in [2.75, 3.05) is 13.7 Å². The Morgan fingerprint density at radius 1 is 1.38 bits per heavy atom. The van der Waals surface area contributed by atoms with Crippen LogP contribution in [0.2, 0.25) is 0 Å². The van der Waals surface area contributed by atoms with Crippen LogP contribution in [0.3, 0.4) is 0 Å². The Kier molecular flexibility index (Phi) is 4.56. The van der Waals surface area contributed by atoms with Gasteiger partial charge in [0.2, 0.25) is 0 Å². The number of ether oxygens (including phenoxy) is 1. The second-order valence-corrected chi connectivity index (χ2v) is 6.53. The molecule has 1 aliphatic carbocycles. The molecule has 1 atom stereocenters. The maximum atomic E-state index is 5.74. The zero-order chi connectivity index (χ0) is 14.7. The summed E-state index contributed by atoms with van der Waals surface area (Å²) in [5, 5.41) is 4.57. The number of thiazole rings is 1. The van der Waals surface area contributed by atoms with Crippen LogP contribution in [0.1, 0.15) is 46.9 Å². The molecule has 0 radical (unpaired) electrons. The van der Waals surface area contributed by atoms with Crippen LogP contribution in [0.5, 0.6) is 5.75 Å². The van der Waals surface area contributed by atoms with Crippen LogP contribution in [0, 0.1) is 0 Å². The molecular formula is C17H22N2OS. The molecule has 0 spiro atoms. The highest BCUT2D eigenvalue weighted by Crippen LogP contribution is 2.33. The van der Waals surface area contributed by atoms with E-state index in [2.05, 4.69) is 30.4 Å². The van der Waals surface area contributed by atoms with Crippen molar-refractivity contribution < 1.29 is 4.74 Å². The number of hydrogen-bond donors (Lipinski definition) is 1. The minimum Gasteiger partial charge on any atom is -0.494 e. The first-order valence-electron chi connectivity index (χ1n) is 7.70. The summed E-state index contributed by atoms with van der Waals surface area (Å²) in [4.78, 5) is 6.32. The van der Waals surface area contributed by atoms with E-state index in [0.29, 0.717) is 0 Å². The highest BCUT2D eigenvalue weighted by Gasteiger charge is 2.22. The van der Waals surface area contributed by atoms with Crippen LogP contribution in [0.25, 0.3) is 0 Å². The number of aromatic nitrogens is 1. The van der Waals surface area contributed by atoms with E-state index in [4.69, 9.17) is 9.72 Å². The van der Waals surface area contributed by atoms with E-state index >= 15 is 0 Å². The molecule has 1 heterocycles. The summed E-state index contributed by atoms with van der Waals surface area (Å²) < 4.78 is 5.74. The van der Waals surface area contributed by atoms with Gasteiger partial charge < -0.3 is 10.1 Å². The summed E-state index contributed by atoms with van der Waals surface area (Å²) in [5.41, 5.74) is 2.53. The van der Waals surface area contributed by atoms with Gasteiger partial charge in [0.25, 0.3) is 0 Å². The molecule has 1 unspecified atom stereocenters. The van der Waals surface area contributed by atoms with Gasteiger partial charge in [-0.1, -0.05) is 19.1 Å². The Morgan fingerprint density at radius 2 is 2.29 bits per heavy atom. The number of nitrogens with zero attached hydrogens (tertiary/aromatic N) is 1. The van der Waals surface area contributed by atoms with Crippen molar-refractivity contribution in [2.24, 2.45) is 0 Å². The van der Waals surface area contributed by atoms with E-state index in [9.17, 15) is 0 Å². The molecular weight excluding hydrogens is 280 g/mol. The van der Waals surface area contributed by atoms with Crippen LogP contribution in [0.4, 0.5) is 0 Å². The fourth-order valence-corrected chi connectivity index (χ4v) is 4.06. The van der Waals surface area contributed by atoms with E-state index in [0.717, 1.165) is 25.2 Å². The first-order chi connectivity index (χ1) is 10.3. The van der Waals surface area contributed by atoms with Gasteiger partial charge in [-0.05, 0) is 50.4 Å². The molecule has 0 fully saturated rings. The van der Waals surface area contributed by atoms with Gasteiger partial charge in [0.1, 0.15) is 10.8 Å². The van der Waals surface area contributed by atoms with Gasteiger partial charge in [0.05, 0.1) is 18.3 Å². The van der Waals surface area contributed by atoms with Crippen molar-refractivity contribution in [3.63, 3.8) is 0 Å². The first-order valence-corrected chi connectivity index (χ1v) is 8.52. The molecule has 112 valence electrons. The molecule has 0 bridgehead atoms. The largest absolute Gasteiger partial charge is 0.494 e. The van der Waals surface area contributed by atoms with Gasteiger partial charge in [-0.15, -0.1) is 11.3 Å². The summed E-state index contributed by atoms with van der Waals surface area (Å²) in [5.74, 6) is 0.943.